The van der Waals surface area contributed by atoms with E-state index in [1.807, 2.05) is 0 Å². The average Bonchev–Trinajstić information content (AvgIpc) is 2.77. The van der Waals surface area contributed by atoms with Gasteiger partial charge in [-0.3, -0.25) is 4.48 Å². The molecular weight excluding hydrogens is 400 g/mol. The lowest BCUT2D eigenvalue weighted by Gasteiger charge is -2.40. The van der Waals surface area contributed by atoms with Gasteiger partial charge in [-0.1, -0.05) is 121 Å². The van der Waals surface area contributed by atoms with Crippen molar-refractivity contribution in [3.63, 3.8) is 0 Å². The summed E-state index contributed by atoms with van der Waals surface area (Å²) in [5, 5.41) is 0. The van der Waals surface area contributed by atoms with Crippen LogP contribution < -0.4 is 4.48 Å². The monoisotopic (exact) mass is 460 g/mol. The number of benzene rings is 1. The maximum Gasteiger partial charge on any atom is 0.143 e. The summed E-state index contributed by atoms with van der Waals surface area (Å²) in [7, 11) is 11.8. The van der Waals surface area contributed by atoms with Gasteiger partial charge in [-0.05, 0) is 18.6 Å². The first-order chi connectivity index (χ1) is 15.8. The fourth-order valence-corrected chi connectivity index (χ4v) is 5.20. The Morgan fingerprint density at radius 1 is 0.545 bits per heavy atom. The molecule has 0 N–H and O–H groups in total. The first-order valence-corrected chi connectivity index (χ1v) is 14.5. The standard InChI is InChI=1S/C31H60N2/c1-7-8-9-10-11-12-13-14-15-16-17-18-19-20-21-23-28-31(29-32(2,3)4)33(5,6)30-26-24-22-25-27-30/h22,24-27,31H,7-21,23,28-29H2,1-6H3/q+2. The lowest BCUT2D eigenvalue weighted by atomic mass is 10.0. The van der Waals surface area contributed by atoms with Crippen molar-refractivity contribution in [1.29, 1.82) is 0 Å². The molecule has 1 aromatic rings. The van der Waals surface area contributed by atoms with Crippen LogP contribution in [0, 0.1) is 0 Å². The first-order valence-electron chi connectivity index (χ1n) is 14.5. The molecule has 0 spiro atoms. The third-order valence-corrected chi connectivity index (χ3v) is 7.48. The minimum atomic E-state index is 0.666. The van der Waals surface area contributed by atoms with E-state index in [4.69, 9.17) is 0 Å². The second-order valence-corrected chi connectivity index (χ2v) is 12.1. The maximum atomic E-state index is 2.40. The highest BCUT2D eigenvalue weighted by Crippen LogP contribution is 2.26. The topological polar surface area (TPSA) is 0 Å². The largest absolute Gasteiger partial charge is 0.326 e. The van der Waals surface area contributed by atoms with Crippen LogP contribution in [0.2, 0.25) is 0 Å². The van der Waals surface area contributed by atoms with Gasteiger partial charge < -0.3 is 4.48 Å². The fourth-order valence-electron chi connectivity index (χ4n) is 5.20. The molecule has 0 saturated carbocycles. The van der Waals surface area contributed by atoms with Crippen molar-refractivity contribution in [1.82, 2.24) is 4.48 Å². The molecule has 192 valence electrons. The molecule has 1 aromatic carbocycles. The summed E-state index contributed by atoms with van der Waals surface area (Å²) in [5.74, 6) is 0. The summed E-state index contributed by atoms with van der Waals surface area (Å²) < 4.78 is 2.03. The number of likely N-dealkylation sites (N-methyl/N-ethyl adjacent to an activating group) is 2. The highest BCUT2D eigenvalue weighted by molar-refractivity contribution is 5.42. The van der Waals surface area contributed by atoms with E-state index in [9.17, 15) is 0 Å². The Bertz CT molecular complexity index is 558. The summed E-state index contributed by atoms with van der Waals surface area (Å²) >= 11 is 0. The van der Waals surface area contributed by atoms with E-state index in [1.54, 1.807) is 0 Å². The van der Waals surface area contributed by atoms with Crippen LogP contribution in [0.15, 0.2) is 30.3 Å². The van der Waals surface area contributed by atoms with E-state index in [2.05, 4.69) is 72.5 Å². The number of hydrogen-bond donors (Lipinski definition) is 0. The van der Waals surface area contributed by atoms with Gasteiger partial charge in [0.25, 0.3) is 0 Å². The minimum absolute atomic E-state index is 0.666. The molecule has 2 heteroatoms. The second-order valence-electron chi connectivity index (χ2n) is 12.1. The Morgan fingerprint density at radius 2 is 0.939 bits per heavy atom. The first kappa shape index (κ1) is 30.2. The Kier molecular flexibility index (Phi) is 16.1. The summed E-state index contributed by atoms with van der Waals surface area (Å²) in [6.45, 7) is 3.52. The zero-order valence-corrected chi connectivity index (χ0v) is 23.6. The SMILES string of the molecule is CCCCCCCCCCCCCCCCCCC(C[N+](C)(C)C)[N+](C)(C)c1ccccc1. The van der Waals surface area contributed by atoms with Gasteiger partial charge in [0.1, 0.15) is 18.3 Å². The predicted molar refractivity (Wildman–Crippen MR) is 151 cm³/mol. The molecule has 0 aliphatic heterocycles. The molecule has 33 heavy (non-hydrogen) atoms. The van der Waals surface area contributed by atoms with E-state index < -0.39 is 0 Å². The van der Waals surface area contributed by atoms with Gasteiger partial charge in [-0.2, -0.15) is 0 Å². The Hall–Kier alpha value is -0.860. The number of hydrogen-bond acceptors (Lipinski definition) is 0. The Balaban J connectivity index is 2.13. The van der Waals surface area contributed by atoms with Gasteiger partial charge in [-0.25, -0.2) is 0 Å². The molecule has 1 atom stereocenters. The van der Waals surface area contributed by atoms with Crippen LogP contribution in [-0.2, 0) is 0 Å². The molecule has 2 nitrogen and oxygen atoms in total. The van der Waals surface area contributed by atoms with E-state index in [-0.39, 0.29) is 0 Å². The highest BCUT2D eigenvalue weighted by atomic mass is 15.4. The van der Waals surface area contributed by atoms with Crippen LogP contribution in [0.4, 0.5) is 5.69 Å². The number of rotatable bonds is 21. The van der Waals surface area contributed by atoms with Crippen molar-refractivity contribution in [3.05, 3.63) is 30.3 Å². The third kappa shape index (κ3) is 14.9. The second kappa shape index (κ2) is 17.6. The average molecular weight is 461 g/mol. The van der Waals surface area contributed by atoms with E-state index >= 15 is 0 Å². The van der Waals surface area contributed by atoms with Crippen molar-refractivity contribution in [2.24, 2.45) is 0 Å². The van der Waals surface area contributed by atoms with Crippen LogP contribution in [0.25, 0.3) is 0 Å². The molecule has 0 bridgehead atoms. The van der Waals surface area contributed by atoms with Gasteiger partial charge >= 0.3 is 0 Å². The molecule has 0 fully saturated rings. The molecule has 0 saturated heterocycles. The summed E-state index contributed by atoms with van der Waals surface area (Å²) in [4.78, 5) is 0. The number of nitrogens with zero attached hydrogens (tertiary/aromatic N) is 2. The zero-order valence-electron chi connectivity index (χ0n) is 23.6. The lowest BCUT2D eigenvalue weighted by molar-refractivity contribution is -0.872. The third-order valence-electron chi connectivity index (χ3n) is 7.48. The number of para-hydroxylation sites is 1. The molecule has 0 radical (unpaired) electrons. The molecular formula is C31H60N2+2. The molecule has 0 aliphatic carbocycles. The number of unbranched alkanes of at least 4 members (excludes halogenated alkanes) is 15. The van der Waals surface area contributed by atoms with Crippen molar-refractivity contribution < 1.29 is 4.48 Å². The Labute approximate surface area is 208 Å². The lowest BCUT2D eigenvalue weighted by Crippen LogP contribution is -2.57. The maximum absolute atomic E-state index is 2.40. The van der Waals surface area contributed by atoms with E-state index in [1.165, 1.54) is 121 Å². The molecule has 0 amide bonds. The smallest absolute Gasteiger partial charge is 0.143 e. The zero-order chi connectivity index (χ0) is 24.4. The van der Waals surface area contributed by atoms with Gasteiger partial charge in [0.05, 0.1) is 35.2 Å². The summed E-state index contributed by atoms with van der Waals surface area (Å²) in [5.41, 5.74) is 1.44. The Morgan fingerprint density at radius 3 is 1.33 bits per heavy atom. The minimum Gasteiger partial charge on any atom is -0.326 e. The number of quaternary nitrogens is 2. The quantitative estimate of drug-likeness (QED) is 0.127. The van der Waals surface area contributed by atoms with Gasteiger partial charge in [-0.15, -0.1) is 0 Å². The van der Waals surface area contributed by atoms with Crippen LogP contribution in [0.5, 0.6) is 0 Å². The van der Waals surface area contributed by atoms with Crippen molar-refractivity contribution >= 4 is 5.69 Å². The highest BCUT2D eigenvalue weighted by Gasteiger charge is 2.34. The van der Waals surface area contributed by atoms with Crippen molar-refractivity contribution in [2.75, 3.05) is 41.8 Å². The van der Waals surface area contributed by atoms with Crippen molar-refractivity contribution in [2.45, 2.75) is 122 Å². The molecule has 1 unspecified atom stereocenters. The van der Waals surface area contributed by atoms with Gasteiger partial charge in [0.15, 0.2) is 0 Å². The van der Waals surface area contributed by atoms with Crippen LogP contribution in [0.3, 0.4) is 0 Å². The van der Waals surface area contributed by atoms with Gasteiger partial charge in [0.2, 0.25) is 0 Å². The van der Waals surface area contributed by atoms with Crippen LogP contribution >= 0.6 is 0 Å². The molecule has 1 rings (SSSR count). The van der Waals surface area contributed by atoms with Crippen LogP contribution in [-0.4, -0.2) is 52.3 Å². The van der Waals surface area contributed by atoms with E-state index in [0.717, 1.165) is 8.97 Å². The van der Waals surface area contributed by atoms with Gasteiger partial charge in [0, 0.05) is 6.42 Å². The molecule has 0 aliphatic rings. The fraction of sp³-hybridized carbons (Fsp3) is 0.806. The molecule has 0 heterocycles. The normalized spacial score (nSPS) is 13.4. The summed E-state index contributed by atoms with van der Waals surface area (Å²) in [6.07, 6.45) is 24.4. The molecule has 0 aromatic heterocycles. The predicted octanol–water partition coefficient (Wildman–Crippen LogP) is 8.98. The summed E-state index contributed by atoms with van der Waals surface area (Å²) in [6, 6.07) is 11.8. The van der Waals surface area contributed by atoms with Crippen LogP contribution in [0.1, 0.15) is 116 Å². The van der Waals surface area contributed by atoms with Crippen molar-refractivity contribution in [3.8, 4) is 0 Å². The van der Waals surface area contributed by atoms with E-state index in [0.29, 0.717) is 6.04 Å².